The Hall–Kier alpha value is -1.14. The SMILES string of the molecule is CC(=O)N1CC[C@H]2[C@H](C1)C[C@](C)(CO)N2CC(=O)N(C)C. The van der Waals surface area contributed by atoms with E-state index < -0.39 is 0 Å². The second-order valence-electron chi connectivity index (χ2n) is 6.86. The maximum Gasteiger partial charge on any atom is 0.236 e. The number of hydrogen-bond acceptors (Lipinski definition) is 4. The first-order chi connectivity index (χ1) is 9.78. The maximum absolute atomic E-state index is 12.1. The van der Waals surface area contributed by atoms with Crippen molar-refractivity contribution in [2.24, 2.45) is 5.92 Å². The van der Waals surface area contributed by atoms with Gasteiger partial charge in [0.2, 0.25) is 11.8 Å². The molecule has 2 aliphatic rings. The van der Waals surface area contributed by atoms with Gasteiger partial charge in [0.25, 0.3) is 0 Å². The largest absolute Gasteiger partial charge is 0.394 e. The molecule has 0 saturated carbocycles. The fraction of sp³-hybridized carbons (Fsp3) is 0.867. The minimum atomic E-state index is -0.367. The third kappa shape index (κ3) is 3.06. The van der Waals surface area contributed by atoms with Gasteiger partial charge in [-0.2, -0.15) is 0 Å². The zero-order valence-electron chi connectivity index (χ0n) is 13.5. The van der Waals surface area contributed by atoms with Crippen LogP contribution in [-0.4, -0.2) is 83.5 Å². The van der Waals surface area contributed by atoms with Gasteiger partial charge in [-0.15, -0.1) is 0 Å². The van der Waals surface area contributed by atoms with Crippen molar-refractivity contribution in [1.29, 1.82) is 0 Å². The van der Waals surface area contributed by atoms with Gasteiger partial charge in [0.1, 0.15) is 0 Å². The molecule has 1 N–H and O–H groups in total. The monoisotopic (exact) mass is 297 g/mol. The zero-order chi connectivity index (χ0) is 15.8. The predicted octanol–water partition coefficient (Wildman–Crippen LogP) is -0.232. The topological polar surface area (TPSA) is 64.1 Å². The fourth-order valence-electron chi connectivity index (χ4n) is 3.75. The van der Waals surface area contributed by atoms with Crippen molar-refractivity contribution in [3.8, 4) is 0 Å². The van der Waals surface area contributed by atoms with E-state index in [-0.39, 0.29) is 30.0 Å². The van der Waals surface area contributed by atoms with Crippen molar-refractivity contribution in [3.05, 3.63) is 0 Å². The highest BCUT2D eigenvalue weighted by Crippen LogP contribution is 2.41. The molecule has 0 aromatic carbocycles. The third-order valence-electron chi connectivity index (χ3n) is 5.08. The Morgan fingerprint density at radius 1 is 1.38 bits per heavy atom. The quantitative estimate of drug-likeness (QED) is 0.781. The average Bonchev–Trinajstić information content (AvgIpc) is 2.71. The third-order valence-corrected chi connectivity index (χ3v) is 5.08. The number of amides is 2. The lowest BCUT2D eigenvalue weighted by atomic mass is 9.89. The summed E-state index contributed by atoms with van der Waals surface area (Å²) in [5.74, 6) is 0.515. The zero-order valence-corrected chi connectivity index (χ0v) is 13.5. The summed E-state index contributed by atoms with van der Waals surface area (Å²) in [4.78, 5) is 29.3. The van der Waals surface area contributed by atoms with Crippen molar-refractivity contribution >= 4 is 11.8 Å². The van der Waals surface area contributed by atoms with E-state index in [9.17, 15) is 14.7 Å². The van der Waals surface area contributed by atoms with E-state index in [1.54, 1.807) is 25.9 Å². The van der Waals surface area contributed by atoms with Crippen LogP contribution in [0.3, 0.4) is 0 Å². The van der Waals surface area contributed by atoms with Crippen LogP contribution < -0.4 is 0 Å². The normalized spacial score (nSPS) is 32.9. The number of carbonyl (C=O) groups excluding carboxylic acids is 2. The van der Waals surface area contributed by atoms with Crippen LogP contribution in [0.5, 0.6) is 0 Å². The molecule has 6 heteroatoms. The Morgan fingerprint density at radius 2 is 2.05 bits per heavy atom. The van der Waals surface area contributed by atoms with E-state index in [2.05, 4.69) is 4.90 Å². The Labute approximate surface area is 126 Å². The lowest BCUT2D eigenvalue weighted by molar-refractivity contribution is -0.134. The molecule has 0 aromatic heterocycles. The van der Waals surface area contributed by atoms with Crippen molar-refractivity contribution in [3.63, 3.8) is 0 Å². The van der Waals surface area contributed by atoms with Gasteiger partial charge < -0.3 is 14.9 Å². The van der Waals surface area contributed by atoms with Crippen molar-refractivity contribution in [1.82, 2.24) is 14.7 Å². The van der Waals surface area contributed by atoms with Crippen LogP contribution in [-0.2, 0) is 9.59 Å². The van der Waals surface area contributed by atoms with Gasteiger partial charge >= 0.3 is 0 Å². The lowest BCUT2D eigenvalue weighted by Crippen LogP contribution is -2.54. The number of piperidine rings is 1. The highest BCUT2D eigenvalue weighted by molar-refractivity contribution is 5.78. The highest BCUT2D eigenvalue weighted by Gasteiger charge is 2.50. The predicted molar refractivity (Wildman–Crippen MR) is 79.7 cm³/mol. The summed E-state index contributed by atoms with van der Waals surface area (Å²) in [6.07, 6.45) is 1.71. The summed E-state index contributed by atoms with van der Waals surface area (Å²) >= 11 is 0. The molecule has 2 aliphatic heterocycles. The first-order valence-electron chi connectivity index (χ1n) is 7.62. The first-order valence-corrected chi connectivity index (χ1v) is 7.62. The molecule has 2 saturated heterocycles. The summed E-state index contributed by atoms with van der Waals surface area (Å²) in [7, 11) is 3.51. The van der Waals surface area contributed by atoms with Gasteiger partial charge in [-0.05, 0) is 25.7 Å². The maximum atomic E-state index is 12.1. The molecule has 0 radical (unpaired) electrons. The molecule has 2 rings (SSSR count). The molecule has 0 unspecified atom stereocenters. The Balaban J connectivity index is 2.15. The highest BCUT2D eigenvalue weighted by atomic mass is 16.3. The van der Waals surface area contributed by atoms with Crippen LogP contribution in [0, 0.1) is 5.92 Å². The number of carbonyl (C=O) groups is 2. The minimum absolute atomic E-state index is 0.0424. The Kier molecular flexibility index (Phi) is 4.58. The van der Waals surface area contributed by atoms with Gasteiger partial charge in [-0.3, -0.25) is 14.5 Å². The Morgan fingerprint density at radius 3 is 2.57 bits per heavy atom. The Bertz CT molecular complexity index is 426. The van der Waals surface area contributed by atoms with Crippen molar-refractivity contribution in [2.75, 3.05) is 40.3 Å². The molecule has 3 atom stereocenters. The van der Waals surface area contributed by atoms with E-state index in [1.807, 2.05) is 11.8 Å². The van der Waals surface area contributed by atoms with E-state index in [1.165, 1.54) is 0 Å². The molecular formula is C15H27N3O3. The average molecular weight is 297 g/mol. The molecule has 2 amide bonds. The number of fused-ring (bicyclic) bond motifs is 1. The van der Waals surface area contributed by atoms with Crippen LogP contribution in [0.1, 0.15) is 26.7 Å². The van der Waals surface area contributed by atoms with E-state index in [0.717, 1.165) is 25.9 Å². The van der Waals surface area contributed by atoms with Gasteiger partial charge in [0.05, 0.1) is 13.2 Å². The fourth-order valence-corrected chi connectivity index (χ4v) is 3.75. The van der Waals surface area contributed by atoms with Crippen LogP contribution in [0.2, 0.25) is 0 Å². The summed E-state index contributed by atoms with van der Waals surface area (Å²) < 4.78 is 0. The second-order valence-corrected chi connectivity index (χ2v) is 6.86. The van der Waals surface area contributed by atoms with E-state index in [0.29, 0.717) is 12.5 Å². The molecular weight excluding hydrogens is 270 g/mol. The number of likely N-dealkylation sites (tertiary alicyclic amines) is 2. The lowest BCUT2D eigenvalue weighted by Gasteiger charge is -2.40. The first kappa shape index (κ1) is 16.2. The van der Waals surface area contributed by atoms with Crippen molar-refractivity contribution in [2.45, 2.75) is 38.3 Å². The molecule has 0 aliphatic carbocycles. The summed E-state index contributed by atoms with van der Waals surface area (Å²) in [5, 5.41) is 9.82. The van der Waals surface area contributed by atoms with Crippen LogP contribution in [0.25, 0.3) is 0 Å². The van der Waals surface area contributed by atoms with Crippen molar-refractivity contribution < 1.29 is 14.7 Å². The molecule has 0 aromatic rings. The summed E-state index contributed by atoms with van der Waals surface area (Å²) in [6, 6.07) is 0.279. The standard InChI is InChI=1S/C15H27N3O3/c1-11(20)17-6-5-13-12(8-17)7-15(2,10-19)18(13)9-14(21)16(3)4/h12-13,19H,5-10H2,1-4H3/t12-,13-,15+/m0/s1. The van der Waals surface area contributed by atoms with Gasteiger partial charge in [0, 0.05) is 45.7 Å². The second kappa shape index (κ2) is 5.93. The summed E-state index contributed by atoms with van der Waals surface area (Å²) in [6.45, 7) is 5.49. The van der Waals surface area contributed by atoms with Gasteiger partial charge in [-0.25, -0.2) is 0 Å². The number of hydrogen-bond donors (Lipinski definition) is 1. The van der Waals surface area contributed by atoms with Crippen LogP contribution in [0.15, 0.2) is 0 Å². The summed E-state index contributed by atoms with van der Waals surface area (Å²) in [5.41, 5.74) is -0.367. The number of aliphatic hydroxyl groups excluding tert-OH is 1. The molecule has 21 heavy (non-hydrogen) atoms. The molecule has 6 nitrogen and oxygen atoms in total. The van der Waals surface area contributed by atoms with E-state index in [4.69, 9.17) is 0 Å². The smallest absolute Gasteiger partial charge is 0.236 e. The minimum Gasteiger partial charge on any atom is -0.394 e. The van der Waals surface area contributed by atoms with E-state index >= 15 is 0 Å². The molecule has 0 spiro atoms. The molecule has 2 heterocycles. The molecule has 120 valence electrons. The molecule has 2 fully saturated rings. The van der Waals surface area contributed by atoms with Gasteiger partial charge in [-0.1, -0.05) is 0 Å². The van der Waals surface area contributed by atoms with Gasteiger partial charge in [0.15, 0.2) is 0 Å². The number of rotatable bonds is 3. The number of nitrogens with zero attached hydrogens (tertiary/aromatic N) is 3. The molecule has 0 bridgehead atoms. The number of aliphatic hydroxyl groups is 1. The number of likely N-dealkylation sites (N-methyl/N-ethyl adjacent to an activating group) is 1. The van der Waals surface area contributed by atoms with Crippen LogP contribution >= 0.6 is 0 Å². The van der Waals surface area contributed by atoms with Crippen LogP contribution in [0.4, 0.5) is 0 Å².